The topological polar surface area (TPSA) is 49.4 Å². The predicted octanol–water partition coefficient (Wildman–Crippen LogP) is 3.02. The number of hydrogen-bond acceptors (Lipinski definition) is 4. The van der Waals surface area contributed by atoms with Gasteiger partial charge in [0.15, 0.2) is 0 Å². The number of sulfonamides is 1. The van der Waals surface area contributed by atoms with E-state index < -0.39 is 10.0 Å². The van der Waals surface area contributed by atoms with Crippen molar-refractivity contribution in [1.29, 1.82) is 0 Å². The minimum Gasteiger partial charge on any atom is -0.309 e. The molecule has 4 nitrogen and oxygen atoms in total. The van der Waals surface area contributed by atoms with Gasteiger partial charge in [0.1, 0.15) is 0 Å². The van der Waals surface area contributed by atoms with Crippen LogP contribution in [0, 0.1) is 0 Å². The van der Waals surface area contributed by atoms with Crippen LogP contribution < -0.4 is 9.62 Å². The van der Waals surface area contributed by atoms with Gasteiger partial charge in [0.25, 0.3) is 0 Å². The Hall–Kier alpha value is -0.720. The van der Waals surface area contributed by atoms with Crippen molar-refractivity contribution in [1.82, 2.24) is 5.32 Å². The fourth-order valence-electron chi connectivity index (χ4n) is 2.55. The lowest BCUT2D eigenvalue weighted by atomic mass is 10.1. The smallest absolute Gasteiger partial charge is 0.235 e. The molecule has 0 aromatic heterocycles. The minimum absolute atomic E-state index is 0.264. The summed E-state index contributed by atoms with van der Waals surface area (Å²) in [6.45, 7) is 8.13. The molecule has 0 radical (unpaired) electrons. The molecule has 1 atom stereocenters. The van der Waals surface area contributed by atoms with E-state index in [0.717, 1.165) is 24.4 Å². The largest absolute Gasteiger partial charge is 0.309 e. The van der Waals surface area contributed by atoms with Crippen LogP contribution in [0.25, 0.3) is 0 Å². The summed E-state index contributed by atoms with van der Waals surface area (Å²) < 4.78 is 25.4. The van der Waals surface area contributed by atoms with Gasteiger partial charge < -0.3 is 5.32 Å². The third-order valence-corrected chi connectivity index (χ3v) is 6.76. The number of benzene rings is 1. The molecule has 1 unspecified atom stereocenters. The van der Waals surface area contributed by atoms with Crippen molar-refractivity contribution < 1.29 is 8.42 Å². The first-order chi connectivity index (χ1) is 10.4. The Labute approximate surface area is 138 Å². The summed E-state index contributed by atoms with van der Waals surface area (Å²) in [4.78, 5) is 0. The van der Waals surface area contributed by atoms with Crippen LogP contribution in [0.2, 0.25) is 0 Å². The van der Waals surface area contributed by atoms with Crippen molar-refractivity contribution in [3.8, 4) is 0 Å². The molecule has 0 aliphatic carbocycles. The van der Waals surface area contributed by atoms with Crippen molar-refractivity contribution in [2.24, 2.45) is 0 Å². The number of thioether (sulfide) groups is 1. The van der Waals surface area contributed by atoms with Gasteiger partial charge in [-0.3, -0.25) is 4.31 Å². The summed E-state index contributed by atoms with van der Waals surface area (Å²) in [6.07, 6.45) is 0.718. The number of nitrogens with zero attached hydrogens (tertiary/aromatic N) is 1. The molecule has 1 aromatic carbocycles. The second-order valence-corrected chi connectivity index (χ2v) is 9.63. The van der Waals surface area contributed by atoms with Crippen molar-refractivity contribution in [3.05, 3.63) is 29.8 Å². The highest BCUT2D eigenvalue weighted by Gasteiger charge is 2.28. The van der Waals surface area contributed by atoms with E-state index >= 15 is 0 Å². The molecule has 22 heavy (non-hydrogen) atoms. The maximum Gasteiger partial charge on any atom is 0.235 e. The normalized spacial score (nSPS) is 18.8. The molecule has 1 fully saturated rings. The van der Waals surface area contributed by atoms with Crippen molar-refractivity contribution in [2.45, 2.75) is 38.5 Å². The summed E-state index contributed by atoms with van der Waals surface area (Å²) in [7, 11) is -3.08. The Balaban J connectivity index is 1.91. The number of anilines is 1. The maximum atomic E-state index is 11.9. The number of nitrogens with one attached hydrogen (secondary N) is 1. The van der Waals surface area contributed by atoms with Crippen molar-refractivity contribution in [3.63, 3.8) is 0 Å². The lowest BCUT2D eigenvalue weighted by Crippen LogP contribution is -2.25. The zero-order valence-corrected chi connectivity index (χ0v) is 15.2. The summed E-state index contributed by atoms with van der Waals surface area (Å²) in [5.41, 5.74) is 1.97. The first-order valence-electron chi connectivity index (χ1n) is 7.85. The van der Waals surface area contributed by atoms with E-state index in [1.807, 2.05) is 36.0 Å². The van der Waals surface area contributed by atoms with Crippen molar-refractivity contribution >= 4 is 27.5 Å². The van der Waals surface area contributed by atoms with Crippen LogP contribution in [0.4, 0.5) is 5.69 Å². The molecule has 1 saturated heterocycles. The van der Waals surface area contributed by atoms with Gasteiger partial charge in [-0.05, 0) is 36.3 Å². The molecule has 0 amide bonds. The van der Waals surface area contributed by atoms with Gasteiger partial charge in [-0.15, -0.1) is 0 Å². The molecule has 0 spiro atoms. The monoisotopic (exact) mass is 342 g/mol. The van der Waals surface area contributed by atoms with Gasteiger partial charge in [0.05, 0.1) is 11.4 Å². The highest BCUT2D eigenvalue weighted by molar-refractivity contribution is 7.99. The second kappa shape index (κ2) is 7.70. The van der Waals surface area contributed by atoms with Crippen LogP contribution in [-0.4, -0.2) is 38.3 Å². The molecule has 1 aliphatic heterocycles. The maximum absolute atomic E-state index is 11.9. The van der Waals surface area contributed by atoms with E-state index in [0.29, 0.717) is 11.8 Å². The summed E-state index contributed by atoms with van der Waals surface area (Å²) in [5, 5.41) is 4.17. The first-order valence-corrected chi connectivity index (χ1v) is 10.5. The van der Waals surface area contributed by atoms with E-state index in [4.69, 9.17) is 0 Å². The quantitative estimate of drug-likeness (QED) is 0.774. The molecule has 2 rings (SSSR count). The summed E-state index contributed by atoms with van der Waals surface area (Å²) in [5.74, 6) is 1.37. The molecule has 124 valence electrons. The highest BCUT2D eigenvalue weighted by atomic mass is 32.2. The molecule has 1 aromatic rings. The molecule has 1 N–H and O–H groups in total. The zero-order valence-electron chi connectivity index (χ0n) is 13.6. The van der Waals surface area contributed by atoms with E-state index in [2.05, 4.69) is 26.1 Å². The first kappa shape index (κ1) is 17.6. The van der Waals surface area contributed by atoms with Crippen molar-refractivity contribution in [2.75, 3.05) is 28.9 Å². The predicted molar refractivity (Wildman–Crippen MR) is 96.2 cm³/mol. The lowest BCUT2D eigenvalue weighted by molar-refractivity contribution is 0.599. The van der Waals surface area contributed by atoms with Gasteiger partial charge in [0, 0.05) is 24.9 Å². The van der Waals surface area contributed by atoms with Gasteiger partial charge in [-0.1, -0.05) is 26.0 Å². The zero-order chi connectivity index (χ0) is 16.2. The Morgan fingerprint density at radius 2 is 1.91 bits per heavy atom. The SMILES string of the molecule is CC(C)SCCNC(C)c1ccc(N2CCCS2(=O)=O)cc1. The van der Waals surface area contributed by atoms with Crippen LogP contribution in [-0.2, 0) is 10.0 Å². The molecule has 6 heteroatoms. The van der Waals surface area contributed by atoms with Crippen LogP contribution in [0.1, 0.15) is 38.8 Å². The standard InChI is InChI=1S/C16H26N2O2S2/c1-13(2)21-11-9-17-14(3)15-5-7-16(8-6-15)18-10-4-12-22(18,19)20/h5-8,13-14,17H,4,9-12H2,1-3H3. The van der Waals surface area contributed by atoms with Crippen LogP contribution in [0.3, 0.4) is 0 Å². The summed E-state index contributed by atoms with van der Waals surface area (Å²) >= 11 is 1.95. The Morgan fingerprint density at radius 3 is 2.45 bits per heavy atom. The molecule has 1 aliphatic rings. The Kier molecular flexibility index (Phi) is 6.17. The van der Waals surface area contributed by atoms with Crippen LogP contribution >= 0.6 is 11.8 Å². The lowest BCUT2D eigenvalue weighted by Gasteiger charge is -2.19. The van der Waals surface area contributed by atoms with Crippen LogP contribution in [0.15, 0.2) is 24.3 Å². The fourth-order valence-corrected chi connectivity index (χ4v) is 4.82. The molecule has 0 saturated carbocycles. The fraction of sp³-hybridized carbons (Fsp3) is 0.625. The summed E-state index contributed by atoms with van der Waals surface area (Å²) in [6, 6.07) is 8.16. The average Bonchev–Trinajstić information content (AvgIpc) is 2.83. The van der Waals surface area contributed by atoms with Gasteiger partial charge >= 0.3 is 0 Å². The third-order valence-electron chi connectivity index (χ3n) is 3.78. The van der Waals surface area contributed by atoms with Gasteiger partial charge in [-0.25, -0.2) is 8.42 Å². The highest BCUT2D eigenvalue weighted by Crippen LogP contribution is 2.25. The minimum atomic E-state index is -3.08. The number of hydrogen-bond donors (Lipinski definition) is 1. The molecular formula is C16H26N2O2S2. The van der Waals surface area contributed by atoms with E-state index in [9.17, 15) is 8.42 Å². The molecule has 0 bridgehead atoms. The van der Waals surface area contributed by atoms with E-state index in [-0.39, 0.29) is 11.8 Å². The third kappa shape index (κ3) is 4.64. The Morgan fingerprint density at radius 1 is 1.23 bits per heavy atom. The Bertz CT molecular complexity index is 570. The van der Waals surface area contributed by atoms with Gasteiger partial charge in [0.2, 0.25) is 10.0 Å². The average molecular weight is 343 g/mol. The molecule has 1 heterocycles. The van der Waals surface area contributed by atoms with Crippen LogP contribution in [0.5, 0.6) is 0 Å². The second-order valence-electron chi connectivity index (χ2n) is 5.93. The van der Waals surface area contributed by atoms with Gasteiger partial charge in [-0.2, -0.15) is 11.8 Å². The number of rotatable bonds is 7. The van der Waals surface area contributed by atoms with E-state index in [1.165, 1.54) is 9.87 Å². The van der Waals surface area contributed by atoms with E-state index in [1.54, 1.807) is 0 Å². The molecular weight excluding hydrogens is 316 g/mol.